The molecular weight excluding hydrogens is 266 g/mol. The van der Waals surface area contributed by atoms with Crippen LogP contribution in [0.1, 0.15) is 39.2 Å². The lowest BCUT2D eigenvalue weighted by molar-refractivity contribution is 0.120. The SMILES string of the molecule is CNC1C(n2ccnc2-c2cccs2)CCCC1(C)C. The molecule has 3 rings (SSSR count). The van der Waals surface area contributed by atoms with Crippen LogP contribution in [0.25, 0.3) is 10.7 Å². The minimum atomic E-state index is 0.328. The number of imidazole rings is 1. The molecule has 0 aromatic carbocycles. The maximum Gasteiger partial charge on any atom is 0.150 e. The van der Waals surface area contributed by atoms with Crippen LogP contribution < -0.4 is 5.32 Å². The molecule has 108 valence electrons. The smallest absolute Gasteiger partial charge is 0.150 e. The van der Waals surface area contributed by atoms with E-state index in [4.69, 9.17) is 0 Å². The van der Waals surface area contributed by atoms with Crippen molar-refractivity contribution in [1.29, 1.82) is 0 Å². The number of aromatic nitrogens is 2. The van der Waals surface area contributed by atoms with E-state index in [1.807, 2.05) is 6.20 Å². The molecular formula is C16H23N3S. The molecule has 2 atom stereocenters. The lowest BCUT2D eigenvalue weighted by atomic mass is 9.70. The first kappa shape index (κ1) is 13.8. The number of likely N-dealkylation sites (N-methyl/N-ethyl adjacent to an activating group) is 1. The minimum absolute atomic E-state index is 0.328. The summed E-state index contributed by atoms with van der Waals surface area (Å²) in [5.41, 5.74) is 0.328. The molecule has 20 heavy (non-hydrogen) atoms. The molecule has 1 aliphatic carbocycles. The van der Waals surface area contributed by atoms with Crippen LogP contribution in [0.15, 0.2) is 29.9 Å². The van der Waals surface area contributed by atoms with E-state index >= 15 is 0 Å². The van der Waals surface area contributed by atoms with Gasteiger partial charge in [-0.1, -0.05) is 26.3 Å². The topological polar surface area (TPSA) is 29.9 Å². The molecule has 2 aromatic heterocycles. The van der Waals surface area contributed by atoms with Gasteiger partial charge in [-0.3, -0.25) is 0 Å². The number of nitrogens with zero attached hydrogens (tertiary/aromatic N) is 2. The normalized spacial score (nSPS) is 25.8. The summed E-state index contributed by atoms with van der Waals surface area (Å²) in [6.07, 6.45) is 7.88. The minimum Gasteiger partial charge on any atom is -0.326 e. The average molecular weight is 289 g/mol. The molecule has 4 heteroatoms. The van der Waals surface area contributed by atoms with Crippen LogP contribution in [0.2, 0.25) is 0 Å². The van der Waals surface area contributed by atoms with Crippen LogP contribution >= 0.6 is 11.3 Å². The van der Waals surface area contributed by atoms with E-state index in [0.29, 0.717) is 17.5 Å². The van der Waals surface area contributed by atoms with Crippen molar-refractivity contribution < 1.29 is 0 Å². The predicted molar refractivity (Wildman–Crippen MR) is 85.1 cm³/mol. The van der Waals surface area contributed by atoms with Gasteiger partial charge in [0.25, 0.3) is 0 Å². The fraction of sp³-hybridized carbons (Fsp3) is 0.562. The maximum absolute atomic E-state index is 4.60. The van der Waals surface area contributed by atoms with E-state index in [-0.39, 0.29) is 0 Å². The Bertz CT molecular complexity index is 556. The van der Waals surface area contributed by atoms with E-state index < -0.39 is 0 Å². The Morgan fingerprint density at radius 3 is 3.00 bits per heavy atom. The highest BCUT2D eigenvalue weighted by Crippen LogP contribution is 2.42. The Balaban J connectivity index is 1.98. The van der Waals surface area contributed by atoms with Crippen LogP contribution in [0.3, 0.4) is 0 Å². The first-order valence-corrected chi connectivity index (χ1v) is 8.25. The summed E-state index contributed by atoms with van der Waals surface area (Å²) in [4.78, 5) is 5.85. The Labute approximate surface area is 125 Å². The second-order valence-electron chi connectivity index (χ2n) is 6.35. The molecule has 0 bridgehead atoms. The Morgan fingerprint density at radius 1 is 1.45 bits per heavy atom. The van der Waals surface area contributed by atoms with Gasteiger partial charge in [-0.05, 0) is 36.8 Å². The molecule has 2 heterocycles. The molecule has 1 aliphatic rings. The fourth-order valence-electron chi connectivity index (χ4n) is 3.67. The average Bonchev–Trinajstić information content (AvgIpc) is 3.08. The first-order chi connectivity index (χ1) is 9.63. The highest BCUT2D eigenvalue weighted by molar-refractivity contribution is 7.13. The van der Waals surface area contributed by atoms with Gasteiger partial charge in [-0.15, -0.1) is 11.3 Å². The summed E-state index contributed by atoms with van der Waals surface area (Å²) in [5, 5.41) is 5.68. The zero-order valence-corrected chi connectivity index (χ0v) is 13.3. The molecule has 1 N–H and O–H groups in total. The summed E-state index contributed by atoms with van der Waals surface area (Å²) >= 11 is 1.76. The Hall–Kier alpha value is -1.13. The quantitative estimate of drug-likeness (QED) is 0.927. The van der Waals surface area contributed by atoms with Gasteiger partial charge < -0.3 is 9.88 Å². The van der Waals surface area contributed by atoms with Crippen molar-refractivity contribution in [3.8, 4) is 10.7 Å². The molecule has 0 radical (unpaired) electrons. The number of rotatable bonds is 3. The van der Waals surface area contributed by atoms with Gasteiger partial charge in [0.05, 0.1) is 10.9 Å². The van der Waals surface area contributed by atoms with Crippen LogP contribution in [0.5, 0.6) is 0 Å². The third-order valence-electron chi connectivity index (χ3n) is 4.63. The first-order valence-electron chi connectivity index (χ1n) is 7.37. The summed E-state index contributed by atoms with van der Waals surface area (Å²) in [5.74, 6) is 1.11. The molecule has 1 fully saturated rings. The standard InChI is InChI=1S/C16H23N3S/c1-16(2)8-4-6-12(14(16)17-3)19-10-9-18-15(19)13-7-5-11-20-13/h5,7,9-12,14,17H,4,6,8H2,1-3H3. The van der Waals surface area contributed by atoms with Crippen molar-refractivity contribution in [3.05, 3.63) is 29.9 Å². The molecule has 0 saturated heterocycles. The highest BCUT2D eigenvalue weighted by atomic mass is 32.1. The van der Waals surface area contributed by atoms with Gasteiger partial charge in [-0.25, -0.2) is 4.98 Å². The predicted octanol–water partition coefficient (Wildman–Crippen LogP) is 3.95. The van der Waals surface area contributed by atoms with Gasteiger partial charge in [0.1, 0.15) is 5.82 Å². The summed E-state index contributed by atoms with van der Waals surface area (Å²) in [7, 11) is 2.09. The van der Waals surface area contributed by atoms with Crippen LogP contribution in [0.4, 0.5) is 0 Å². The van der Waals surface area contributed by atoms with Gasteiger partial charge in [0, 0.05) is 18.4 Å². The van der Waals surface area contributed by atoms with E-state index in [0.717, 1.165) is 5.82 Å². The number of thiophene rings is 1. The third-order valence-corrected chi connectivity index (χ3v) is 5.49. The van der Waals surface area contributed by atoms with E-state index in [2.05, 4.69) is 59.5 Å². The lowest BCUT2D eigenvalue weighted by Gasteiger charge is -2.44. The van der Waals surface area contributed by atoms with Crippen molar-refractivity contribution in [1.82, 2.24) is 14.9 Å². The highest BCUT2D eigenvalue weighted by Gasteiger charge is 2.39. The van der Waals surface area contributed by atoms with E-state index in [1.165, 1.54) is 24.1 Å². The van der Waals surface area contributed by atoms with Gasteiger partial charge in [0.15, 0.2) is 0 Å². The molecule has 0 amide bonds. The van der Waals surface area contributed by atoms with Gasteiger partial charge >= 0.3 is 0 Å². The summed E-state index contributed by atoms with van der Waals surface area (Å²) < 4.78 is 2.38. The van der Waals surface area contributed by atoms with Crippen molar-refractivity contribution in [2.75, 3.05) is 7.05 Å². The number of hydrogen-bond acceptors (Lipinski definition) is 3. The van der Waals surface area contributed by atoms with Gasteiger partial charge in [0.2, 0.25) is 0 Å². The monoisotopic (exact) mass is 289 g/mol. The van der Waals surface area contributed by atoms with Crippen molar-refractivity contribution >= 4 is 11.3 Å². The van der Waals surface area contributed by atoms with Crippen molar-refractivity contribution in [2.24, 2.45) is 5.41 Å². The van der Waals surface area contributed by atoms with Gasteiger partial charge in [-0.2, -0.15) is 0 Å². The summed E-state index contributed by atoms with van der Waals surface area (Å²) in [6, 6.07) is 5.23. The molecule has 0 aliphatic heterocycles. The maximum atomic E-state index is 4.60. The number of nitrogens with one attached hydrogen (secondary N) is 1. The lowest BCUT2D eigenvalue weighted by Crippen LogP contribution is -2.49. The zero-order chi connectivity index (χ0) is 14.2. The number of hydrogen-bond donors (Lipinski definition) is 1. The third kappa shape index (κ3) is 2.31. The van der Waals surface area contributed by atoms with Crippen LogP contribution in [-0.4, -0.2) is 22.6 Å². The largest absolute Gasteiger partial charge is 0.326 e. The molecule has 3 nitrogen and oxygen atoms in total. The fourth-order valence-corrected chi connectivity index (χ4v) is 4.39. The zero-order valence-electron chi connectivity index (χ0n) is 12.5. The molecule has 0 spiro atoms. The van der Waals surface area contributed by atoms with Crippen molar-refractivity contribution in [3.63, 3.8) is 0 Å². The molecule has 2 aromatic rings. The van der Waals surface area contributed by atoms with E-state index in [9.17, 15) is 0 Å². The Kier molecular flexibility index (Phi) is 3.69. The Morgan fingerprint density at radius 2 is 2.30 bits per heavy atom. The van der Waals surface area contributed by atoms with E-state index in [1.54, 1.807) is 11.3 Å². The molecule has 2 unspecified atom stereocenters. The second kappa shape index (κ2) is 5.34. The van der Waals surface area contributed by atoms with Crippen LogP contribution in [0, 0.1) is 5.41 Å². The second-order valence-corrected chi connectivity index (χ2v) is 7.30. The van der Waals surface area contributed by atoms with Crippen LogP contribution in [-0.2, 0) is 0 Å². The molecule has 1 saturated carbocycles. The summed E-state index contributed by atoms with van der Waals surface area (Å²) in [6.45, 7) is 4.75. The van der Waals surface area contributed by atoms with Crippen molar-refractivity contribution in [2.45, 2.75) is 45.2 Å².